The van der Waals surface area contributed by atoms with E-state index in [1.165, 1.54) is 6.92 Å². The number of aryl methyl sites for hydroxylation is 1. The molecule has 1 aliphatic heterocycles. The monoisotopic (exact) mass is 327 g/mol. The number of esters is 2. The van der Waals surface area contributed by atoms with Crippen molar-refractivity contribution < 1.29 is 37.4 Å². The number of nitrogens with one attached hydrogen (secondary N) is 1. The Morgan fingerprint density at radius 1 is 1.22 bits per heavy atom. The molecule has 0 aliphatic carbocycles. The molecule has 1 saturated heterocycles. The smallest absolute Gasteiger partial charge is 0.460 e. The SMILES string of the molecule is Cc1oc(=O)oc1COC(=O)/C=C/C(=O)OCC1COC(=O)N1. The van der Waals surface area contributed by atoms with Gasteiger partial charge in [0.05, 0.1) is 0 Å². The van der Waals surface area contributed by atoms with E-state index in [2.05, 4.69) is 18.9 Å². The average Bonchev–Trinajstić information content (AvgIpc) is 3.06. The van der Waals surface area contributed by atoms with Gasteiger partial charge in [-0.05, 0) is 6.92 Å². The Kier molecular flexibility index (Phi) is 5.18. The van der Waals surface area contributed by atoms with Crippen molar-refractivity contribution in [2.24, 2.45) is 0 Å². The summed E-state index contributed by atoms with van der Waals surface area (Å²) >= 11 is 0. The van der Waals surface area contributed by atoms with E-state index in [-0.39, 0.29) is 31.3 Å². The van der Waals surface area contributed by atoms with E-state index in [4.69, 9.17) is 9.47 Å². The molecule has 10 nitrogen and oxygen atoms in total. The van der Waals surface area contributed by atoms with Crippen molar-refractivity contribution >= 4 is 18.0 Å². The average molecular weight is 327 g/mol. The number of carbonyl (C=O) groups is 3. The molecule has 1 N–H and O–H groups in total. The fraction of sp³-hybridized carbons (Fsp3) is 0.385. The van der Waals surface area contributed by atoms with Crippen LogP contribution in [0.25, 0.3) is 0 Å². The molecule has 10 heteroatoms. The summed E-state index contributed by atoms with van der Waals surface area (Å²) in [6, 6.07) is -0.418. The van der Waals surface area contributed by atoms with Crippen LogP contribution < -0.4 is 11.1 Å². The highest BCUT2D eigenvalue weighted by atomic mass is 16.6. The van der Waals surface area contributed by atoms with Crippen LogP contribution >= 0.6 is 0 Å². The summed E-state index contributed by atoms with van der Waals surface area (Å²) in [5, 5.41) is 2.42. The van der Waals surface area contributed by atoms with Gasteiger partial charge in [-0.3, -0.25) is 0 Å². The fourth-order valence-corrected chi connectivity index (χ4v) is 1.57. The lowest BCUT2D eigenvalue weighted by Gasteiger charge is -2.06. The molecule has 0 aromatic carbocycles. The van der Waals surface area contributed by atoms with Crippen LogP contribution in [0.3, 0.4) is 0 Å². The van der Waals surface area contributed by atoms with Gasteiger partial charge in [-0.1, -0.05) is 0 Å². The summed E-state index contributed by atoms with van der Waals surface area (Å²) < 4.78 is 23.4. The molecule has 1 aliphatic rings. The first-order chi connectivity index (χ1) is 10.9. The summed E-state index contributed by atoms with van der Waals surface area (Å²) in [5.74, 6) is -2.23. The normalized spacial score (nSPS) is 16.9. The third-order valence-corrected chi connectivity index (χ3v) is 2.70. The van der Waals surface area contributed by atoms with Crippen molar-refractivity contribution in [1.29, 1.82) is 0 Å². The second kappa shape index (κ2) is 7.29. The van der Waals surface area contributed by atoms with E-state index in [9.17, 15) is 19.2 Å². The van der Waals surface area contributed by atoms with Gasteiger partial charge < -0.3 is 28.4 Å². The van der Waals surface area contributed by atoms with Gasteiger partial charge >= 0.3 is 23.9 Å². The highest BCUT2D eigenvalue weighted by molar-refractivity contribution is 5.91. The maximum Gasteiger partial charge on any atom is 0.519 e. The molecule has 0 saturated carbocycles. The maximum absolute atomic E-state index is 11.4. The van der Waals surface area contributed by atoms with E-state index in [0.717, 1.165) is 12.2 Å². The van der Waals surface area contributed by atoms with Crippen molar-refractivity contribution in [2.45, 2.75) is 19.6 Å². The van der Waals surface area contributed by atoms with E-state index < -0.39 is 29.9 Å². The minimum absolute atomic E-state index is 0.0799. The minimum atomic E-state index is -0.893. The molecule has 1 aromatic heterocycles. The van der Waals surface area contributed by atoms with Crippen LogP contribution in [-0.4, -0.2) is 37.3 Å². The van der Waals surface area contributed by atoms with Crippen LogP contribution in [0.4, 0.5) is 4.79 Å². The van der Waals surface area contributed by atoms with E-state index in [0.29, 0.717) is 0 Å². The number of hydrogen-bond acceptors (Lipinski definition) is 9. The van der Waals surface area contributed by atoms with Gasteiger partial charge in [-0.15, -0.1) is 0 Å². The lowest BCUT2D eigenvalue weighted by molar-refractivity contribution is -0.141. The number of rotatable bonds is 6. The van der Waals surface area contributed by atoms with Crippen LogP contribution in [0.1, 0.15) is 11.5 Å². The number of alkyl carbamates (subject to hydrolysis) is 1. The molecular weight excluding hydrogens is 314 g/mol. The van der Waals surface area contributed by atoms with Gasteiger partial charge in [0.1, 0.15) is 19.3 Å². The van der Waals surface area contributed by atoms with E-state index in [1.807, 2.05) is 0 Å². The highest BCUT2D eigenvalue weighted by Crippen LogP contribution is 2.06. The Morgan fingerprint density at radius 3 is 2.48 bits per heavy atom. The molecule has 23 heavy (non-hydrogen) atoms. The molecule has 2 heterocycles. The molecule has 0 bridgehead atoms. The zero-order chi connectivity index (χ0) is 16.8. The molecular formula is C13H13NO9. The Labute approximate surface area is 129 Å². The number of cyclic esters (lactones) is 1. The second-order valence-corrected chi connectivity index (χ2v) is 4.44. The third kappa shape index (κ3) is 5.02. The zero-order valence-electron chi connectivity index (χ0n) is 12.0. The first kappa shape index (κ1) is 16.3. The molecule has 1 unspecified atom stereocenters. The fourth-order valence-electron chi connectivity index (χ4n) is 1.57. The van der Waals surface area contributed by atoms with Gasteiger partial charge in [0.25, 0.3) is 0 Å². The molecule has 0 spiro atoms. The number of ether oxygens (including phenoxy) is 3. The Hall–Kier alpha value is -3.04. The molecule has 124 valence electrons. The topological polar surface area (TPSA) is 134 Å². The minimum Gasteiger partial charge on any atom is -0.460 e. The van der Waals surface area contributed by atoms with Crippen molar-refractivity contribution in [3.05, 3.63) is 34.3 Å². The van der Waals surface area contributed by atoms with Crippen molar-refractivity contribution in [1.82, 2.24) is 5.32 Å². The molecule has 0 radical (unpaired) electrons. The first-order valence-corrected chi connectivity index (χ1v) is 6.48. The Bertz CT molecular complexity index is 684. The van der Waals surface area contributed by atoms with Crippen molar-refractivity contribution in [3.8, 4) is 0 Å². The summed E-state index contributed by atoms with van der Waals surface area (Å²) in [6.07, 6.45) is 1.16. The van der Waals surface area contributed by atoms with Crippen LogP contribution in [0, 0.1) is 6.92 Å². The quantitative estimate of drug-likeness (QED) is 0.428. The number of amides is 1. The molecule has 2 rings (SSSR count). The molecule has 1 aromatic rings. The van der Waals surface area contributed by atoms with E-state index >= 15 is 0 Å². The predicted molar refractivity (Wildman–Crippen MR) is 70.1 cm³/mol. The standard InChI is InChI=1S/C13H13NO9/c1-7-9(23-13(18)22-7)6-20-11(16)3-2-10(15)19-4-8-5-21-12(17)14-8/h2-3,8H,4-6H2,1H3,(H,14,17)/b3-2+. The predicted octanol–water partition coefficient (Wildman–Crippen LogP) is -0.208. The highest BCUT2D eigenvalue weighted by Gasteiger charge is 2.23. The van der Waals surface area contributed by atoms with Gasteiger partial charge in [0.15, 0.2) is 18.1 Å². The van der Waals surface area contributed by atoms with Gasteiger partial charge in [0.2, 0.25) is 0 Å². The Morgan fingerprint density at radius 2 is 1.91 bits per heavy atom. The summed E-state index contributed by atoms with van der Waals surface area (Å²) in [6.45, 7) is 1.20. The van der Waals surface area contributed by atoms with Gasteiger partial charge in [-0.25, -0.2) is 19.2 Å². The first-order valence-electron chi connectivity index (χ1n) is 6.48. The lowest BCUT2D eigenvalue weighted by Crippen LogP contribution is -2.31. The van der Waals surface area contributed by atoms with Crippen LogP contribution in [0.5, 0.6) is 0 Å². The Balaban J connectivity index is 1.70. The molecule has 1 amide bonds. The zero-order valence-corrected chi connectivity index (χ0v) is 12.0. The van der Waals surface area contributed by atoms with Gasteiger partial charge in [0, 0.05) is 12.2 Å². The largest absolute Gasteiger partial charge is 0.519 e. The maximum atomic E-state index is 11.4. The second-order valence-electron chi connectivity index (χ2n) is 4.44. The number of hydrogen-bond donors (Lipinski definition) is 1. The molecule has 1 fully saturated rings. The summed E-state index contributed by atoms with van der Waals surface area (Å²) in [4.78, 5) is 44.3. The van der Waals surface area contributed by atoms with Crippen LogP contribution in [0.2, 0.25) is 0 Å². The number of carbonyl (C=O) groups excluding carboxylic acids is 3. The summed E-state index contributed by atoms with van der Waals surface area (Å²) in [5.41, 5.74) is 0. The molecule has 1 atom stereocenters. The van der Waals surface area contributed by atoms with Gasteiger partial charge in [-0.2, -0.15) is 0 Å². The lowest BCUT2D eigenvalue weighted by atomic mass is 10.3. The van der Waals surface area contributed by atoms with E-state index in [1.54, 1.807) is 0 Å². The van der Waals surface area contributed by atoms with Crippen LogP contribution in [-0.2, 0) is 30.4 Å². The van der Waals surface area contributed by atoms with Crippen molar-refractivity contribution in [3.63, 3.8) is 0 Å². The van der Waals surface area contributed by atoms with Crippen LogP contribution in [0.15, 0.2) is 25.8 Å². The van der Waals surface area contributed by atoms with Crippen molar-refractivity contribution in [2.75, 3.05) is 13.2 Å². The third-order valence-electron chi connectivity index (χ3n) is 2.70. The summed E-state index contributed by atoms with van der Waals surface area (Å²) in [7, 11) is 0.